The van der Waals surface area contributed by atoms with Crippen LogP contribution < -0.4 is 4.78 Å². The molecule has 0 unspecified atom stereocenters. The Morgan fingerprint density at radius 2 is 1.87 bits per heavy atom. The molecule has 0 amide bonds. The van der Waals surface area contributed by atoms with Crippen molar-refractivity contribution in [3.63, 3.8) is 0 Å². The Morgan fingerprint density at radius 1 is 1.07 bits per heavy atom. The smallest absolute Gasteiger partial charge is 0.444 e. The van der Waals surface area contributed by atoms with Crippen LogP contribution in [0.4, 0.5) is 12.9 Å². The highest BCUT2D eigenvalue weighted by Crippen LogP contribution is 2.24. The fourth-order valence-electron chi connectivity index (χ4n) is 1.17. The Labute approximate surface area is 88.7 Å². The van der Waals surface area contributed by atoms with Crippen molar-refractivity contribution in [3.8, 4) is 10.6 Å². The van der Waals surface area contributed by atoms with Gasteiger partial charge in [0.05, 0.1) is 5.69 Å². The van der Waals surface area contributed by atoms with Gasteiger partial charge in [0.1, 0.15) is 0 Å². The summed E-state index contributed by atoms with van der Waals surface area (Å²) in [6, 6.07) is 7.73. The third kappa shape index (κ3) is 2.20. The van der Waals surface area contributed by atoms with Crippen molar-refractivity contribution in [2.75, 3.05) is 0 Å². The maximum Gasteiger partial charge on any atom is 0.519 e. The zero-order valence-electron chi connectivity index (χ0n) is 7.53. The molecular formula is C9H6BF3NS-. The summed E-state index contributed by atoms with van der Waals surface area (Å²) in [5.74, 6) is 0. The van der Waals surface area contributed by atoms with Crippen LogP contribution in [0.1, 0.15) is 0 Å². The maximum atomic E-state index is 12.4. The lowest BCUT2D eigenvalue weighted by atomic mass is 9.90. The Kier molecular flexibility index (Phi) is 2.52. The monoisotopic (exact) mass is 228 g/mol. The molecule has 0 atom stereocenters. The summed E-state index contributed by atoms with van der Waals surface area (Å²) in [7, 11) is 0. The summed E-state index contributed by atoms with van der Waals surface area (Å²) in [6.07, 6.45) is 1.56. The van der Waals surface area contributed by atoms with Gasteiger partial charge in [0.25, 0.3) is 0 Å². The zero-order chi connectivity index (χ0) is 10.9. The molecule has 2 aromatic heterocycles. The quantitative estimate of drug-likeness (QED) is 0.720. The van der Waals surface area contributed by atoms with Crippen LogP contribution in [-0.4, -0.2) is 12.0 Å². The van der Waals surface area contributed by atoms with Crippen molar-refractivity contribution in [3.05, 3.63) is 36.5 Å². The standard InChI is InChI=1S/C9H6BF3NS/c11-10(12,13)9-5-4-8(15-9)7-3-1-2-6-14-7/h1-6H/q-1. The molecule has 0 bridgehead atoms. The predicted octanol–water partition coefficient (Wildman–Crippen LogP) is 2.86. The van der Waals surface area contributed by atoms with Gasteiger partial charge in [-0.25, -0.2) is 0 Å². The molecule has 0 fully saturated rings. The molecule has 0 aliphatic rings. The van der Waals surface area contributed by atoms with Crippen molar-refractivity contribution >= 4 is 23.1 Å². The minimum atomic E-state index is -4.89. The van der Waals surface area contributed by atoms with Crippen LogP contribution in [-0.2, 0) is 0 Å². The van der Waals surface area contributed by atoms with Gasteiger partial charge in [-0.3, -0.25) is 4.98 Å². The summed E-state index contributed by atoms with van der Waals surface area (Å²) >= 11 is 0.733. The Balaban J connectivity index is 2.37. The molecule has 0 saturated carbocycles. The molecule has 2 heterocycles. The lowest BCUT2D eigenvalue weighted by molar-refractivity contribution is 0.503. The van der Waals surface area contributed by atoms with Crippen molar-refractivity contribution < 1.29 is 12.9 Å². The average molecular weight is 228 g/mol. The van der Waals surface area contributed by atoms with E-state index in [2.05, 4.69) is 4.98 Å². The number of aromatic nitrogens is 1. The minimum Gasteiger partial charge on any atom is -0.444 e. The number of rotatable bonds is 2. The highest BCUT2D eigenvalue weighted by Gasteiger charge is 2.27. The van der Waals surface area contributed by atoms with E-state index in [1.807, 2.05) is 0 Å². The SMILES string of the molecule is F[B-](F)(F)c1ccc(-c2ccccn2)s1. The second-order valence-electron chi connectivity index (χ2n) is 2.99. The van der Waals surface area contributed by atoms with E-state index in [1.165, 1.54) is 6.07 Å². The Hall–Kier alpha value is -1.30. The van der Waals surface area contributed by atoms with E-state index < -0.39 is 11.8 Å². The van der Waals surface area contributed by atoms with Crippen LogP contribution >= 0.6 is 11.3 Å². The van der Waals surface area contributed by atoms with Gasteiger partial charge in [-0.15, -0.1) is 0 Å². The highest BCUT2D eigenvalue weighted by atomic mass is 32.1. The van der Waals surface area contributed by atoms with Crippen LogP contribution in [0, 0.1) is 0 Å². The van der Waals surface area contributed by atoms with Crippen molar-refractivity contribution in [2.45, 2.75) is 0 Å². The number of pyridine rings is 1. The van der Waals surface area contributed by atoms with E-state index in [0.717, 1.165) is 17.4 Å². The van der Waals surface area contributed by atoms with E-state index in [0.29, 0.717) is 10.6 Å². The molecule has 0 saturated heterocycles. The second-order valence-corrected chi connectivity index (χ2v) is 4.11. The lowest BCUT2D eigenvalue weighted by Crippen LogP contribution is -2.30. The van der Waals surface area contributed by atoms with Crippen molar-refractivity contribution in [1.82, 2.24) is 4.98 Å². The molecule has 6 heteroatoms. The number of halogens is 3. The molecular weight excluding hydrogens is 222 g/mol. The van der Waals surface area contributed by atoms with E-state index in [1.54, 1.807) is 24.4 Å². The summed E-state index contributed by atoms with van der Waals surface area (Å²) in [4.78, 5) is 4.54. The van der Waals surface area contributed by atoms with Gasteiger partial charge in [-0.2, -0.15) is 11.3 Å². The number of thiophene rings is 1. The molecule has 2 aromatic rings. The third-order valence-corrected chi connectivity index (χ3v) is 3.07. The van der Waals surface area contributed by atoms with E-state index >= 15 is 0 Å². The first kappa shape index (κ1) is 10.2. The van der Waals surface area contributed by atoms with Gasteiger partial charge in [0.15, 0.2) is 0 Å². The molecule has 0 N–H and O–H groups in total. The summed E-state index contributed by atoms with van der Waals surface area (Å²) in [6.45, 7) is -4.89. The van der Waals surface area contributed by atoms with Crippen molar-refractivity contribution in [1.29, 1.82) is 0 Å². The molecule has 0 aromatic carbocycles. The zero-order valence-corrected chi connectivity index (χ0v) is 8.35. The first-order valence-electron chi connectivity index (χ1n) is 4.28. The number of nitrogens with zero attached hydrogens (tertiary/aromatic N) is 1. The topological polar surface area (TPSA) is 12.9 Å². The van der Waals surface area contributed by atoms with Gasteiger partial charge in [0.2, 0.25) is 0 Å². The molecule has 15 heavy (non-hydrogen) atoms. The molecule has 2 rings (SSSR count). The minimum absolute atomic E-state index is 0.532. The average Bonchev–Trinajstić information content (AvgIpc) is 2.67. The van der Waals surface area contributed by atoms with Crippen LogP contribution in [0.25, 0.3) is 10.6 Å². The molecule has 0 spiro atoms. The number of hydrogen-bond acceptors (Lipinski definition) is 2. The molecule has 1 nitrogen and oxygen atoms in total. The maximum absolute atomic E-state index is 12.4. The van der Waals surface area contributed by atoms with Crippen LogP contribution in [0.3, 0.4) is 0 Å². The fraction of sp³-hybridized carbons (Fsp3) is 0. The Bertz CT molecular complexity index is 452. The molecule has 0 aliphatic carbocycles. The predicted molar refractivity (Wildman–Crippen MR) is 56.3 cm³/mol. The van der Waals surface area contributed by atoms with Gasteiger partial charge >= 0.3 is 6.98 Å². The van der Waals surface area contributed by atoms with Crippen LogP contribution in [0.15, 0.2) is 36.5 Å². The van der Waals surface area contributed by atoms with Gasteiger partial charge in [0, 0.05) is 11.1 Å². The normalized spacial score (nSPS) is 11.7. The van der Waals surface area contributed by atoms with Crippen LogP contribution in [0.2, 0.25) is 0 Å². The molecule has 78 valence electrons. The largest absolute Gasteiger partial charge is 0.519 e. The summed E-state index contributed by atoms with van der Waals surface area (Å²) in [5, 5.41) is 0. The summed E-state index contributed by atoms with van der Waals surface area (Å²) < 4.78 is 36.6. The van der Waals surface area contributed by atoms with Crippen molar-refractivity contribution in [2.24, 2.45) is 0 Å². The summed E-state index contributed by atoms with van der Waals surface area (Å²) in [5.41, 5.74) is 0.578. The number of hydrogen-bond donors (Lipinski definition) is 0. The van der Waals surface area contributed by atoms with E-state index in [-0.39, 0.29) is 0 Å². The van der Waals surface area contributed by atoms with E-state index in [9.17, 15) is 12.9 Å². The first-order valence-corrected chi connectivity index (χ1v) is 5.10. The second kappa shape index (κ2) is 3.69. The third-order valence-electron chi connectivity index (χ3n) is 1.87. The lowest BCUT2D eigenvalue weighted by Gasteiger charge is -2.10. The van der Waals surface area contributed by atoms with Gasteiger partial charge in [-0.1, -0.05) is 16.9 Å². The molecule has 0 radical (unpaired) electrons. The van der Waals surface area contributed by atoms with Crippen LogP contribution in [0.5, 0.6) is 0 Å². The van der Waals surface area contributed by atoms with E-state index in [4.69, 9.17) is 0 Å². The van der Waals surface area contributed by atoms with Gasteiger partial charge in [-0.05, 0) is 18.2 Å². The first-order chi connectivity index (χ1) is 7.07. The highest BCUT2D eigenvalue weighted by molar-refractivity contribution is 7.26. The Morgan fingerprint density at radius 3 is 2.40 bits per heavy atom. The molecule has 0 aliphatic heterocycles. The van der Waals surface area contributed by atoms with Gasteiger partial charge < -0.3 is 12.9 Å². The fourth-order valence-corrected chi connectivity index (χ4v) is 2.06.